The van der Waals surface area contributed by atoms with Gasteiger partial charge in [-0.05, 0) is 105 Å². The Labute approximate surface area is 661 Å². The van der Waals surface area contributed by atoms with Crippen molar-refractivity contribution in [3.63, 3.8) is 0 Å². The van der Waals surface area contributed by atoms with Crippen molar-refractivity contribution in [1.82, 2.24) is 30.4 Å². The van der Waals surface area contributed by atoms with E-state index in [1.807, 2.05) is 12.2 Å². The molecule has 5 saturated heterocycles. The standard InChI is InChI=1S/2C12H22N2O2.C12H18N2O2.6Gd.6H2NO3.4H2O/c3*15-13-7-3-11(4-8-13)1-2-12-5-9-14(16)10-6-12;;;;;;;6*2-1(3)4;;;;/h2*1-2,11-12,15-16H,3-10H2;1-4,7,12,15-16H,5-6,8-10H2;;;;;;;6*(H2,2,3,4);4*1H2/q;;;;;;;;;6*+1;;;;. The van der Waals surface area contributed by atoms with Crippen molar-refractivity contribution < 1.29 is 386 Å². The molecule has 26 N–H and O–H groups in total. The third-order valence-electron chi connectivity index (χ3n) is 10.4. The Morgan fingerprint density at radius 2 is 0.488 bits per heavy atom. The first-order valence-corrected chi connectivity index (χ1v) is 21.8. The van der Waals surface area contributed by atoms with Crippen LogP contribution < -0.4 is 0 Å². The van der Waals surface area contributed by atoms with E-state index in [1.54, 1.807) is 6.20 Å². The second-order valence-corrected chi connectivity index (χ2v) is 15.7. The van der Waals surface area contributed by atoms with Crippen molar-refractivity contribution in [2.45, 2.75) is 64.2 Å². The van der Waals surface area contributed by atoms with Gasteiger partial charge in [0.25, 0.3) is 0 Å². The van der Waals surface area contributed by atoms with E-state index in [0.717, 1.165) is 140 Å². The molecule has 0 radical (unpaired) electrons. The summed E-state index contributed by atoms with van der Waals surface area (Å²) in [6, 6.07) is 0. The van der Waals surface area contributed by atoms with Crippen LogP contribution in [0.2, 0.25) is 0 Å². The second kappa shape index (κ2) is 74.5. The van der Waals surface area contributed by atoms with E-state index in [2.05, 4.69) is 36.5 Å². The van der Waals surface area contributed by atoms with Crippen LogP contribution in [0.5, 0.6) is 0 Å². The first-order chi connectivity index (χ1) is 33.6. The molecule has 0 bridgehead atoms. The van der Waals surface area contributed by atoms with Crippen molar-refractivity contribution in [3.8, 4) is 0 Å². The average Bonchev–Trinajstić information content (AvgIpc) is 3.27. The third kappa shape index (κ3) is 89.8. The minimum Gasteiger partial charge on any atom is -0.412 e. The van der Waals surface area contributed by atoms with E-state index >= 15 is 0 Å². The largest absolute Gasteiger partial charge is 0.472 e. The Kier molecular flexibility index (Phi) is 104. The monoisotopic (exact) mass is 2080 g/mol. The molecular formula is C36H82Gd6N12O28+6. The van der Waals surface area contributed by atoms with Crippen LogP contribution in [-0.2, 0) is 0 Å². The van der Waals surface area contributed by atoms with Gasteiger partial charge in [-0.15, -0.1) is 0 Å². The van der Waals surface area contributed by atoms with Gasteiger partial charge in [-0.2, -0.15) is 25.3 Å². The van der Waals surface area contributed by atoms with Gasteiger partial charge in [0.05, 0.1) is 6.54 Å². The predicted molar refractivity (Wildman–Crippen MR) is 241 cm³/mol. The molecule has 0 spiro atoms. The van der Waals surface area contributed by atoms with Crippen LogP contribution in [0.3, 0.4) is 0 Å². The molecule has 0 atom stereocenters. The first-order valence-electron chi connectivity index (χ1n) is 21.8. The van der Waals surface area contributed by atoms with E-state index in [4.69, 9.17) is 97.1 Å². The van der Waals surface area contributed by atoms with Gasteiger partial charge in [0.15, 0.2) is 0 Å². The smallest absolute Gasteiger partial charge is 0.412 e. The zero-order valence-corrected chi connectivity index (χ0v) is 57.0. The van der Waals surface area contributed by atoms with Crippen molar-refractivity contribution in [3.05, 3.63) is 89.8 Å². The van der Waals surface area contributed by atoms with Crippen LogP contribution in [-0.4, -0.2) is 249 Å². The summed E-state index contributed by atoms with van der Waals surface area (Å²) in [6.45, 7) is 8.43. The van der Waals surface area contributed by atoms with E-state index in [1.165, 1.54) is 25.3 Å². The Hall–Kier alpha value is 1.05. The summed E-state index contributed by atoms with van der Waals surface area (Å²) in [7, 11) is 0. The Morgan fingerprint density at radius 3 is 0.634 bits per heavy atom. The molecule has 46 heteroatoms. The summed E-state index contributed by atoms with van der Waals surface area (Å²) in [5.41, 5.74) is 1.14. The molecule has 6 rings (SSSR count). The average molecular weight is 2070 g/mol. The van der Waals surface area contributed by atoms with Gasteiger partial charge in [0, 0.05) is 311 Å². The second-order valence-electron chi connectivity index (χ2n) is 15.7. The van der Waals surface area contributed by atoms with Crippen LogP contribution in [0, 0.1) is 299 Å². The Balaban J connectivity index is -0.0000000629. The maximum Gasteiger partial charge on any atom is 0.472 e. The topological polar surface area (TPSA) is 630 Å². The first kappa shape index (κ1) is 114. The number of hydroxylamine groups is 12. The van der Waals surface area contributed by atoms with Gasteiger partial charge in [-0.1, -0.05) is 42.5 Å². The van der Waals surface area contributed by atoms with Crippen molar-refractivity contribution in [2.24, 2.45) is 29.6 Å². The Morgan fingerprint density at radius 1 is 0.329 bits per heavy atom. The molecule has 0 aromatic rings. The van der Waals surface area contributed by atoms with Gasteiger partial charge in [-0.25, -0.2) is 62.5 Å². The summed E-state index contributed by atoms with van der Waals surface area (Å²) >= 11 is 0. The molecule has 0 amide bonds. The number of piperidine rings is 5. The number of nitrogens with zero attached hydrogens (tertiary/aromatic N) is 12. The van der Waals surface area contributed by atoms with Crippen LogP contribution in [0.25, 0.3) is 0 Å². The molecule has 0 aromatic carbocycles. The van der Waals surface area contributed by atoms with E-state index in [0.29, 0.717) is 36.1 Å². The molecule has 496 valence electrons. The number of rotatable bonds is 6. The van der Waals surface area contributed by atoms with Gasteiger partial charge >= 0.3 is 30.5 Å². The summed E-state index contributed by atoms with van der Waals surface area (Å²) in [4.78, 5) is 50.8. The SMILES string of the molecule is O.O.O.O.O=[N+](O)O.O=[N+](O)O.O=[N+](O)O.O=[N+](O)O.O=[N+](O)O.O=[N+](O)O.ON1C=CC(C=CC2CCN(O)CC2)=CC1.ON1CCC(C=CC2CCN(O)CC2)CC1.ON1CCC(C=CC2CCN(O)CC2)CC1.[Gd].[Gd].[Gd].[Gd].[Gd].[Gd]. The molecule has 6 aliphatic heterocycles. The summed E-state index contributed by atoms with van der Waals surface area (Å²) in [5.74, 6) is 3.10. The summed E-state index contributed by atoms with van der Waals surface area (Å²) in [6.07, 6.45) is 29.6. The fraction of sp³-hybridized carbons (Fsp3) is 0.722. The molecular weight excluding hydrogens is 1990 g/mol. The minimum atomic E-state index is -1.25. The molecule has 0 aliphatic carbocycles. The van der Waals surface area contributed by atoms with E-state index in [9.17, 15) is 26.0 Å². The van der Waals surface area contributed by atoms with Crippen LogP contribution in [0.15, 0.2) is 60.4 Å². The van der Waals surface area contributed by atoms with Crippen molar-refractivity contribution in [1.29, 1.82) is 0 Å². The molecule has 0 saturated carbocycles. The quantitative estimate of drug-likeness (QED) is 0.115. The van der Waals surface area contributed by atoms with Gasteiger partial charge in [-0.3, -0.25) is 10.3 Å². The molecule has 40 nitrogen and oxygen atoms in total. The number of allylic oxidation sites excluding steroid dienone is 8. The maximum atomic E-state index is 9.25. The maximum absolute atomic E-state index is 9.25. The fourth-order valence-electron chi connectivity index (χ4n) is 6.89. The normalized spacial score (nSPS) is 17.3. The van der Waals surface area contributed by atoms with Gasteiger partial charge < -0.3 is 47.9 Å². The minimum absolute atomic E-state index is 0. The van der Waals surface area contributed by atoms with Crippen molar-refractivity contribution >= 4 is 0 Å². The van der Waals surface area contributed by atoms with Crippen molar-refractivity contribution in [2.75, 3.05) is 72.0 Å². The van der Waals surface area contributed by atoms with Gasteiger partial charge in [0.1, 0.15) is 29.4 Å². The van der Waals surface area contributed by atoms with Crippen LogP contribution in [0.1, 0.15) is 64.2 Å². The van der Waals surface area contributed by atoms with Gasteiger partial charge in [0.2, 0.25) is 0 Å². The number of hydrogen-bond donors (Lipinski definition) is 18. The molecule has 0 unspecified atom stereocenters. The zero-order chi connectivity index (χ0) is 55.6. The molecule has 6 aliphatic rings. The third-order valence-corrected chi connectivity index (χ3v) is 10.4. The summed E-state index contributed by atoms with van der Waals surface area (Å²) < 4.78 is 0. The number of hydrogen-bond acceptors (Lipinski definition) is 18. The molecule has 5 fully saturated rings. The van der Waals surface area contributed by atoms with Crippen LogP contribution in [0.4, 0.5) is 0 Å². The zero-order valence-electron chi connectivity index (χ0n) is 43.4. The predicted octanol–water partition coefficient (Wildman–Crippen LogP) is -0.758. The summed E-state index contributed by atoms with van der Waals surface area (Å²) in [5, 5.41) is 139. The van der Waals surface area contributed by atoms with E-state index in [-0.39, 0.29) is 262 Å². The molecule has 82 heavy (non-hydrogen) atoms. The van der Waals surface area contributed by atoms with Crippen LogP contribution >= 0.6 is 0 Å². The molecule has 6 heterocycles. The fourth-order valence-corrected chi connectivity index (χ4v) is 6.89. The Bertz CT molecular complexity index is 1470. The van der Waals surface area contributed by atoms with E-state index < -0.39 is 30.5 Å². The molecule has 0 aromatic heterocycles.